The molecule has 3 aliphatic carbocycles. The molecule has 0 amide bonds. The molecule has 2 N–H and O–H groups in total. The van der Waals surface area contributed by atoms with Gasteiger partial charge in [-0.1, -0.05) is 27.7 Å². The van der Waals surface area contributed by atoms with Gasteiger partial charge in [-0.05, 0) is 30.2 Å². The second-order valence-corrected chi connectivity index (χ2v) is 12.7. The normalized spacial score (nSPS) is 50.3. The van der Waals surface area contributed by atoms with Crippen molar-refractivity contribution in [3.63, 3.8) is 0 Å². The maximum atomic E-state index is 14.1. The van der Waals surface area contributed by atoms with Crippen LogP contribution in [0.15, 0.2) is 23.0 Å². The molecule has 0 aromatic carbocycles. The fraction of sp³-hybridized carbons (Fsp3) is 0.741. The van der Waals surface area contributed by atoms with Crippen molar-refractivity contribution in [3.05, 3.63) is 24.2 Å². The molecule has 9 heteroatoms. The third kappa shape index (κ3) is 2.37. The number of ketones is 1. The van der Waals surface area contributed by atoms with Gasteiger partial charge in [0.2, 0.25) is 0 Å². The number of hydrogen-bond donors (Lipinski definition) is 2. The molecule has 9 nitrogen and oxygen atoms in total. The predicted octanol–water partition coefficient (Wildman–Crippen LogP) is 2.48. The SMILES string of the molecule is COC(=O)C[C@H]1C(C)(C)[C@@H]2O[C@@]34C[C@]2(O)C(=O)[C@]1(C)[C@H]3CC[C@@]1(C)[C@H](c2ccoc2)OC(=O)C[C@]14O. The Morgan fingerprint density at radius 3 is 2.56 bits per heavy atom. The fourth-order valence-electron chi connectivity index (χ4n) is 9.48. The highest BCUT2D eigenvalue weighted by Gasteiger charge is 2.88. The van der Waals surface area contributed by atoms with Gasteiger partial charge < -0.3 is 28.8 Å². The van der Waals surface area contributed by atoms with Crippen molar-refractivity contribution in [2.75, 3.05) is 7.11 Å². The Bertz CT molecular complexity index is 1160. The highest BCUT2D eigenvalue weighted by Crippen LogP contribution is 2.77. The maximum absolute atomic E-state index is 14.1. The number of esters is 2. The van der Waals surface area contributed by atoms with Gasteiger partial charge in [0.25, 0.3) is 0 Å². The van der Waals surface area contributed by atoms with Gasteiger partial charge in [-0.25, -0.2) is 0 Å². The zero-order valence-corrected chi connectivity index (χ0v) is 21.3. The number of carbonyl (C=O) groups excluding carboxylic acids is 3. The van der Waals surface area contributed by atoms with Crippen molar-refractivity contribution in [1.29, 1.82) is 0 Å². The lowest BCUT2D eigenvalue weighted by molar-refractivity contribution is -0.317. The van der Waals surface area contributed by atoms with E-state index < -0.39 is 69.0 Å². The molecular weight excluding hydrogens is 468 g/mol. The average molecular weight is 503 g/mol. The van der Waals surface area contributed by atoms with Crippen molar-refractivity contribution in [2.45, 2.75) is 88.8 Å². The molecular formula is C27H34O9. The summed E-state index contributed by atoms with van der Waals surface area (Å²) >= 11 is 0. The monoisotopic (exact) mass is 502 g/mol. The summed E-state index contributed by atoms with van der Waals surface area (Å²) < 4.78 is 22.9. The summed E-state index contributed by atoms with van der Waals surface area (Å²) in [5.74, 6) is -2.37. The first-order valence-electron chi connectivity index (χ1n) is 12.7. The van der Waals surface area contributed by atoms with Gasteiger partial charge in [-0.2, -0.15) is 0 Å². The number of furan rings is 1. The van der Waals surface area contributed by atoms with Gasteiger partial charge in [-0.15, -0.1) is 0 Å². The minimum Gasteiger partial charge on any atom is -0.472 e. The van der Waals surface area contributed by atoms with Gasteiger partial charge in [0.1, 0.15) is 17.3 Å². The van der Waals surface area contributed by atoms with Crippen LogP contribution in [0.4, 0.5) is 0 Å². The van der Waals surface area contributed by atoms with E-state index in [9.17, 15) is 24.6 Å². The maximum Gasteiger partial charge on any atom is 0.309 e. The first kappa shape index (κ1) is 24.1. The standard InChI is InChI=1S/C27H34O9/c1-22(2)16(10-17(28)33-5)24(4)15-6-8-23(3)19(14-7-9-34-12-14)35-18(29)11-27(23,32)26(15)13-25(31,20(24)30)21(22)36-26/h7,9,12,15-16,19,21,31-32H,6,8,10-11,13H2,1-5H3/t15-,16+,19+,21+,23+,24-,25+,26+,27+/m1/s1. The zero-order chi connectivity index (χ0) is 26.1. The van der Waals surface area contributed by atoms with E-state index in [0.717, 1.165) is 0 Å². The molecule has 0 radical (unpaired) electrons. The highest BCUT2D eigenvalue weighted by atomic mass is 16.6. The van der Waals surface area contributed by atoms with Crippen molar-refractivity contribution in [1.82, 2.24) is 0 Å². The highest BCUT2D eigenvalue weighted by molar-refractivity contribution is 5.97. The lowest BCUT2D eigenvalue weighted by Gasteiger charge is -2.68. The summed E-state index contributed by atoms with van der Waals surface area (Å²) in [7, 11) is 1.32. The molecule has 1 aromatic heterocycles. The topological polar surface area (TPSA) is 132 Å². The Kier molecular flexibility index (Phi) is 4.55. The minimum atomic E-state index is -1.85. The van der Waals surface area contributed by atoms with E-state index in [2.05, 4.69) is 0 Å². The number of carbonyl (C=O) groups is 3. The van der Waals surface area contributed by atoms with Crippen LogP contribution in [0, 0.1) is 28.1 Å². The van der Waals surface area contributed by atoms with Crippen LogP contribution in [0.1, 0.15) is 71.5 Å². The molecule has 3 saturated carbocycles. The first-order valence-corrected chi connectivity index (χ1v) is 12.7. The van der Waals surface area contributed by atoms with Gasteiger partial charge in [0.05, 0.1) is 32.2 Å². The number of methoxy groups -OCH3 is 1. The van der Waals surface area contributed by atoms with Crippen LogP contribution in [0.2, 0.25) is 0 Å². The second-order valence-electron chi connectivity index (χ2n) is 12.7. The summed E-state index contributed by atoms with van der Waals surface area (Å²) in [6.45, 7) is 7.51. The number of rotatable bonds is 3. The molecule has 2 aliphatic heterocycles. The minimum absolute atomic E-state index is 0.0103. The molecule has 36 heavy (non-hydrogen) atoms. The van der Waals surface area contributed by atoms with Crippen molar-refractivity contribution in [2.24, 2.45) is 28.1 Å². The van der Waals surface area contributed by atoms with Crippen LogP contribution >= 0.6 is 0 Å². The molecule has 1 spiro atoms. The zero-order valence-electron chi connectivity index (χ0n) is 21.3. The third-order valence-electron chi connectivity index (χ3n) is 11.0. The van der Waals surface area contributed by atoms with E-state index in [-0.39, 0.29) is 25.0 Å². The number of ether oxygens (including phenoxy) is 3. The summed E-state index contributed by atoms with van der Waals surface area (Å²) in [5.41, 5.74) is -7.27. The Labute approximate surface area is 209 Å². The Balaban J connectivity index is 1.57. The Hall–Kier alpha value is -2.23. The quantitative estimate of drug-likeness (QED) is 0.598. The van der Waals surface area contributed by atoms with E-state index in [1.54, 1.807) is 13.0 Å². The van der Waals surface area contributed by atoms with E-state index in [1.807, 2.05) is 20.8 Å². The number of aliphatic hydroxyl groups is 2. The van der Waals surface area contributed by atoms with Gasteiger partial charge >= 0.3 is 11.9 Å². The van der Waals surface area contributed by atoms with Gasteiger partial charge in [0, 0.05) is 35.2 Å². The summed E-state index contributed by atoms with van der Waals surface area (Å²) in [6.07, 6.45) is 1.77. The van der Waals surface area contributed by atoms with Crippen molar-refractivity contribution < 1.29 is 43.2 Å². The van der Waals surface area contributed by atoms with Crippen molar-refractivity contribution >= 4 is 17.7 Å². The smallest absolute Gasteiger partial charge is 0.309 e. The third-order valence-corrected chi connectivity index (χ3v) is 11.0. The van der Waals surface area contributed by atoms with Gasteiger partial charge in [-0.3, -0.25) is 14.4 Å². The predicted molar refractivity (Wildman–Crippen MR) is 122 cm³/mol. The molecule has 3 bridgehead atoms. The molecule has 3 heterocycles. The average Bonchev–Trinajstić information content (AvgIpc) is 3.43. The van der Waals surface area contributed by atoms with Crippen molar-refractivity contribution in [3.8, 4) is 0 Å². The number of Topliss-reactive ketones (excluding diaryl/α,β-unsaturated/α-hetero) is 1. The lowest BCUT2D eigenvalue weighted by Crippen LogP contribution is -2.79. The Morgan fingerprint density at radius 1 is 1.19 bits per heavy atom. The molecule has 2 saturated heterocycles. The fourth-order valence-corrected chi connectivity index (χ4v) is 9.48. The van der Waals surface area contributed by atoms with Crippen LogP contribution in [-0.4, -0.2) is 58.0 Å². The molecule has 5 aliphatic rings. The molecule has 196 valence electrons. The van der Waals surface area contributed by atoms with Gasteiger partial charge in [0.15, 0.2) is 11.4 Å². The number of cyclic esters (lactones) is 1. The summed E-state index contributed by atoms with van der Waals surface area (Å²) in [6, 6.07) is 1.72. The van der Waals surface area contributed by atoms with E-state index >= 15 is 0 Å². The van der Waals surface area contributed by atoms with E-state index in [4.69, 9.17) is 18.6 Å². The van der Waals surface area contributed by atoms with Crippen LogP contribution in [0.3, 0.4) is 0 Å². The van der Waals surface area contributed by atoms with Crippen LogP contribution in [0.5, 0.6) is 0 Å². The van der Waals surface area contributed by atoms with Crippen LogP contribution in [-0.2, 0) is 28.6 Å². The second kappa shape index (κ2) is 6.79. The molecule has 0 unspecified atom stereocenters. The largest absolute Gasteiger partial charge is 0.472 e. The number of fused-ring (bicyclic) bond motifs is 3. The molecule has 1 aromatic rings. The van der Waals surface area contributed by atoms with Crippen LogP contribution in [0.25, 0.3) is 0 Å². The molecule has 5 fully saturated rings. The van der Waals surface area contributed by atoms with Crippen LogP contribution < -0.4 is 0 Å². The summed E-state index contributed by atoms with van der Waals surface area (Å²) in [4.78, 5) is 39.7. The summed E-state index contributed by atoms with van der Waals surface area (Å²) in [5, 5.41) is 24.8. The van der Waals surface area contributed by atoms with E-state index in [1.165, 1.54) is 19.6 Å². The van der Waals surface area contributed by atoms with E-state index in [0.29, 0.717) is 18.4 Å². The molecule has 6 rings (SSSR count). The Morgan fingerprint density at radius 2 is 1.92 bits per heavy atom. The first-order chi connectivity index (χ1) is 16.7. The number of hydrogen-bond acceptors (Lipinski definition) is 9. The lowest BCUT2D eigenvalue weighted by atomic mass is 9.36. The molecule has 9 atom stereocenters.